The molecule has 0 aliphatic heterocycles. The van der Waals surface area contributed by atoms with E-state index in [1.165, 1.54) is 17.8 Å². The maximum atomic E-state index is 13.5. The van der Waals surface area contributed by atoms with E-state index in [0.29, 0.717) is 36.1 Å². The molecule has 1 saturated carbocycles. The van der Waals surface area contributed by atoms with Gasteiger partial charge in [-0.25, -0.2) is 9.18 Å². The zero-order valence-corrected chi connectivity index (χ0v) is 19.8. The molecule has 6 heteroatoms. The molecule has 2 aromatic carbocycles. The van der Waals surface area contributed by atoms with Crippen LogP contribution >= 0.6 is 0 Å². The van der Waals surface area contributed by atoms with Crippen molar-refractivity contribution in [1.82, 2.24) is 10.3 Å². The number of aromatic nitrogens is 1. The van der Waals surface area contributed by atoms with Gasteiger partial charge in [0.15, 0.2) is 0 Å². The van der Waals surface area contributed by atoms with Crippen LogP contribution in [0, 0.1) is 18.7 Å². The van der Waals surface area contributed by atoms with Crippen molar-refractivity contribution in [2.24, 2.45) is 5.92 Å². The second-order valence-electron chi connectivity index (χ2n) is 9.27. The number of halogens is 1. The Hall–Kier alpha value is -3.80. The molecule has 1 amide bonds. The first kappa shape index (κ1) is 23.0. The van der Waals surface area contributed by atoms with Crippen molar-refractivity contribution in [3.05, 3.63) is 94.1 Å². The number of fused-ring (bicyclic) bond motifs is 3. The highest BCUT2D eigenvalue weighted by atomic mass is 19.1. The van der Waals surface area contributed by atoms with Crippen molar-refractivity contribution in [3.63, 3.8) is 0 Å². The van der Waals surface area contributed by atoms with Crippen molar-refractivity contribution in [1.29, 1.82) is 0 Å². The largest absolute Gasteiger partial charge is 0.463 e. The van der Waals surface area contributed by atoms with Gasteiger partial charge >= 0.3 is 5.97 Å². The van der Waals surface area contributed by atoms with E-state index in [-0.39, 0.29) is 17.7 Å². The quantitative estimate of drug-likeness (QED) is 0.478. The Morgan fingerprint density at radius 2 is 1.97 bits per heavy atom. The summed E-state index contributed by atoms with van der Waals surface area (Å²) in [5, 5.41) is 2.88. The fraction of sp³-hybridized carbons (Fsp3) is 0.276. The minimum atomic E-state index is -0.265. The summed E-state index contributed by atoms with van der Waals surface area (Å²) < 4.78 is 18.8. The summed E-state index contributed by atoms with van der Waals surface area (Å²) in [5.74, 6) is 0.220. The van der Waals surface area contributed by atoms with Gasteiger partial charge in [-0.05, 0) is 90.6 Å². The number of nitrogens with zero attached hydrogens (tertiary/aromatic N) is 1. The zero-order chi connectivity index (χ0) is 24.5. The molecule has 0 saturated heterocycles. The maximum Gasteiger partial charge on any atom is 0.334 e. The maximum absolute atomic E-state index is 13.5. The topological polar surface area (TPSA) is 68.3 Å². The number of carbonyl (C=O) groups excluding carboxylic acids is 2. The first-order chi connectivity index (χ1) is 16.9. The normalized spacial score (nSPS) is 18.0. The van der Waals surface area contributed by atoms with Crippen LogP contribution < -0.4 is 5.32 Å². The third kappa shape index (κ3) is 4.87. The minimum absolute atomic E-state index is 0.243. The number of ether oxygens (including phenoxy) is 1. The Balaban J connectivity index is 1.37. The average molecular weight is 471 g/mol. The van der Waals surface area contributed by atoms with Gasteiger partial charge in [-0.1, -0.05) is 24.3 Å². The number of aryl methyl sites for hydroxylation is 1. The molecule has 35 heavy (non-hydrogen) atoms. The molecule has 2 aliphatic rings. The van der Waals surface area contributed by atoms with Crippen LogP contribution in [0.2, 0.25) is 0 Å². The highest BCUT2D eigenvalue weighted by molar-refractivity contribution is 5.96. The highest BCUT2D eigenvalue weighted by Gasteiger charge is 2.42. The van der Waals surface area contributed by atoms with Crippen LogP contribution in [0.25, 0.3) is 17.2 Å². The van der Waals surface area contributed by atoms with Gasteiger partial charge in [0.25, 0.3) is 5.91 Å². The summed E-state index contributed by atoms with van der Waals surface area (Å²) in [6.07, 6.45) is 7.06. The summed E-state index contributed by atoms with van der Waals surface area (Å²) >= 11 is 0. The third-order valence-electron chi connectivity index (χ3n) is 6.77. The molecule has 1 N–H and O–H groups in total. The number of hydrogen-bond donors (Lipinski definition) is 1. The van der Waals surface area contributed by atoms with Crippen LogP contribution in [-0.4, -0.2) is 23.5 Å². The molecule has 178 valence electrons. The fourth-order valence-corrected chi connectivity index (χ4v) is 4.79. The van der Waals surface area contributed by atoms with Crippen LogP contribution in [0.15, 0.2) is 60.4 Å². The van der Waals surface area contributed by atoms with Crippen LogP contribution in [0.5, 0.6) is 0 Å². The van der Waals surface area contributed by atoms with Gasteiger partial charge in [0.05, 0.1) is 12.2 Å². The molecule has 2 atom stereocenters. The molecule has 1 fully saturated rings. The van der Waals surface area contributed by atoms with E-state index < -0.39 is 0 Å². The summed E-state index contributed by atoms with van der Waals surface area (Å²) in [6.45, 7) is 4.17. The number of hydrogen-bond acceptors (Lipinski definition) is 4. The molecule has 1 heterocycles. The average Bonchev–Trinajstić information content (AvgIpc) is 3.64. The predicted octanol–water partition coefficient (Wildman–Crippen LogP) is 5.58. The summed E-state index contributed by atoms with van der Waals surface area (Å²) in [5.41, 5.74) is 6.57. The Bertz CT molecular complexity index is 1350. The van der Waals surface area contributed by atoms with E-state index in [1.54, 1.807) is 25.3 Å². The lowest BCUT2D eigenvalue weighted by atomic mass is 9.96. The Kier molecular flexibility index (Phi) is 6.20. The lowest BCUT2D eigenvalue weighted by molar-refractivity contribution is -0.138. The monoisotopic (exact) mass is 470 g/mol. The summed E-state index contributed by atoms with van der Waals surface area (Å²) in [6, 6.07) is 12.9. The molecule has 5 rings (SSSR count). The molecule has 5 nitrogen and oxygen atoms in total. The Morgan fingerprint density at radius 1 is 1.11 bits per heavy atom. The second kappa shape index (κ2) is 9.45. The van der Waals surface area contributed by atoms with Crippen molar-refractivity contribution >= 4 is 18.0 Å². The highest BCUT2D eigenvalue weighted by Crippen LogP contribution is 2.54. The number of esters is 1. The van der Waals surface area contributed by atoms with Gasteiger partial charge in [-0.2, -0.15) is 0 Å². The fourth-order valence-electron chi connectivity index (χ4n) is 4.79. The van der Waals surface area contributed by atoms with E-state index in [4.69, 9.17) is 4.74 Å². The van der Waals surface area contributed by atoms with E-state index in [2.05, 4.69) is 28.5 Å². The molecule has 3 aromatic rings. The third-order valence-corrected chi connectivity index (χ3v) is 6.77. The van der Waals surface area contributed by atoms with Crippen molar-refractivity contribution < 1.29 is 18.7 Å². The first-order valence-electron chi connectivity index (χ1n) is 11.9. The van der Waals surface area contributed by atoms with Crippen LogP contribution in [0.3, 0.4) is 0 Å². The summed E-state index contributed by atoms with van der Waals surface area (Å²) in [7, 11) is 0. The molecule has 0 radical (unpaired) electrons. The SMILES string of the molecule is CCOC(=O)C1=Cc2cc(-c3cncc(C(=O)NCc4ccc(F)c(C)c4)c3)ccc2C2CC2C1. The van der Waals surface area contributed by atoms with Gasteiger partial charge in [0.1, 0.15) is 5.82 Å². The lowest BCUT2D eigenvalue weighted by Gasteiger charge is -2.11. The van der Waals surface area contributed by atoms with E-state index in [0.717, 1.165) is 40.7 Å². The van der Waals surface area contributed by atoms with Gasteiger partial charge < -0.3 is 10.1 Å². The lowest BCUT2D eigenvalue weighted by Crippen LogP contribution is -2.23. The number of amides is 1. The molecule has 2 aliphatic carbocycles. The second-order valence-corrected chi connectivity index (χ2v) is 9.27. The predicted molar refractivity (Wildman–Crippen MR) is 132 cm³/mol. The molecule has 0 spiro atoms. The van der Waals surface area contributed by atoms with Crippen molar-refractivity contribution in [2.75, 3.05) is 6.61 Å². The standard InChI is InChI=1S/C29H27FN2O3/c1-3-35-29(34)22-10-20-9-19(5-6-25(20)26-13-21(26)11-22)23-12-24(16-31-15-23)28(33)32-14-18-4-7-27(30)17(2)8-18/h4-10,12,15-16,21,26H,3,11,13-14H2,1-2H3,(H,32,33). The van der Waals surface area contributed by atoms with Gasteiger partial charge in [0, 0.05) is 30.1 Å². The molecule has 1 aromatic heterocycles. The molecule has 0 bridgehead atoms. The molecular formula is C29H27FN2O3. The minimum Gasteiger partial charge on any atom is -0.463 e. The number of pyridine rings is 1. The number of rotatable bonds is 6. The van der Waals surface area contributed by atoms with E-state index in [9.17, 15) is 14.0 Å². The molecule has 2 unspecified atom stereocenters. The van der Waals surface area contributed by atoms with E-state index in [1.807, 2.05) is 19.1 Å². The zero-order valence-electron chi connectivity index (χ0n) is 19.8. The summed E-state index contributed by atoms with van der Waals surface area (Å²) in [4.78, 5) is 29.5. The first-order valence-corrected chi connectivity index (χ1v) is 11.9. The van der Waals surface area contributed by atoms with Crippen LogP contribution in [-0.2, 0) is 16.1 Å². The van der Waals surface area contributed by atoms with Crippen molar-refractivity contribution in [2.45, 2.75) is 39.2 Å². The molecular weight excluding hydrogens is 443 g/mol. The van der Waals surface area contributed by atoms with Gasteiger partial charge in [-0.15, -0.1) is 0 Å². The number of nitrogens with one attached hydrogen (secondary N) is 1. The smallest absolute Gasteiger partial charge is 0.334 e. The number of benzene rings is 2. The Labute approximate surface area is 204 Å². The van der Waals surface area contributed by atoms with E-state index >= 15 is 0 Å². The Morgan fingerprint density at radius 3 is 2.77 bits per heavy atom. The number of carbonyl (C=O) groups is 2. The van der Waals surface area contributed by atoms with Gasteiger partial charge in [-0.3, -0.25) is 9.78 Å². The van der Waals surface area contributed by atoms with Crippen molar-refractivity contribution in [3.8, 4) is 11.1 Å². The van der Waals surface area contributed by atoms with Gasteiger partial charge in [0.2, 0.25) is 0 Å². The van der Waals surface area contributed by atoms with Crippen LogP contribution in [0.4, 0.5) is 4.39 Å². The van der Waals surface area contributed by atoms with Crippen LogP contribution in [0.1, 0.15) is 58.3 Å².